The molecular weight excluding hydrogens is 184 g/mol. The molecule has 1 rings (SSSR count). The van der Waals surface area contributed by atoms with Gasteiger partial charge in [-0.05, 0) is 18.3 Å². The topological polar surface area (TPSA) is 36.5 Å². The second-order valence-electron chi connectivity index (χ2n) is 2.63. The summed E-state index contributed by atoms with van der Waals surface area (Å²) in [7, 11) is 0. The fourth-order valence-electron chi connectivity index (χ4n) is 1.03. The lowest BCUT2D eigenvalue weighted by atomic mass is 10.4. The molecule has 0 unspecified atom stereocenters. The van der Waals surface area contributed by atoms with Crippen molar-refractivity contribution in [1.82, 2.24) is 0 Å². The van der Waals surface area contributed by atoms with Crippen LogP contribution < -0.4 is 4.57 Å². The Labute approximate surface area is 82.4 Å². The molecule has 13 heavy (non-hydrogen) atoms. The second kappa shape index (κ2) is 5.41. The third-order valence-corrected chi connectivity index (χ3v) is 1.72. The second-order valence-corrected chi connectivity index (χ2v) is 2.81. The molecule has 68 valence electrons. The SMILES string of the molecule is Oc1ccc[n+](CCCN=C=S)c1. The number of aromatic nitrogens is 1. The van der Waals surface area contributed by atoms with Crippen molar-refractivity contribution in [3.05, 3.63) is 24.5 Å². The summed E-state index contributed by atoms with van der Waals surface area (Å²) in [6, 6.07) is 3.45. The van der Waals surface area contributed by atoms with E-state index in [1.54, 1.807) is 18.3 Å². The van der Waals surface area contributed by atoms with Crippen LogP contribution in [0.4, 0.5) is 0 Å². The molecular formula is C9H11N2OS+. The van der Waals surface area contributed by atoms with E-state index < -0.39 is 0 Å². The summed E-state index contributed by atoms with van der Waals surface area (Å²) in [5.41, 5.74) is 0. The van der Waals surface area contributed by atoms with E-state index in [-0.39, 0.29) is 5.75 Å². The lowest BCUT2D eigenvalue weighted by molar-refractivity contribution is -0.697. The zero-order valence-electron chi connectivity index (χ0n) is 7.18. The minimum Gasteiger partial charge on any atom is -0.503 e. The van der Waals surface area contributed by atoms with Gasteiger partial charge in [-0.3, -0.25) is 0 Å². The molecule has 1 N–H and O–H groups in total. The normalized spacial score (nSPS) is 9.23. The van der Waals surface area contributed by atoms with E-state index in [0.717, 1.165) is 13.0 Å². The molecule has 0 aliphatic rings. The van der Waals surface area contributed by atoms with Crippen molar-refractivity contribution in [2.24, 2.45) is 4.99 Å². The summed E-state index contributed by atoms with van der Waals surface area (Å²) >= 11 is 4.44. The Bertz CT molecular complexity index is 321. The molecule has 1 heterocycles. The van der Waals surface area contributed by atoms with Gasteiger partial charge in [-0.15, -0.1) is 0 Å². The molecule has 0 aliphatic heterocycles. The van der Waals surface area contributed by atoms with Gasteiger partial charge >= 0.3 is 0 Å². The standard InChI is InChI=1S/C9H10N2OS/c12-9-3-1-5-11(7-9)6-2-4-10-8-13/h1,3,5,7H,2,4,6H2/p+1. The molecule has 0 saturated heterocycles. The Morgan fingerprint density at radius 1 is 1.62 bits per heavy atom. The van der Waals surface area contributed by atoms with Gasteiger partial charge in [-0.2, -0.15) is 0 Å². The van der Waals surface area contributed by atoms with E-state index in [1.807, 2.05) is 10.8 Å². The van der Waals surface area contributed by atoms with Gasteiger partial charge in [0.05, 0.1) is 11.7 Å². The van der Waals surface area contributed by atoms with Crippen molar-refractivity contribution in [3.8, 4) is 5.75 Å². The largest absolute Gasteiger partial charge is 0.503 e. The van der Waals surface area contributed by atoms with Gasteiger partial charge in [-0.1, -0.05) is 0 Å². The van der Waals surface area contributed by atoms with Crippen LogP contribution in [-0.4, -0.2) is 16.8 Å². The predicted molar refractivity (Wildman–Crippen MR) is 52.8 cm³/mol. The lowest BCUT2D eigenvalue weighted by Crippen LogP contribution is -2.32. The highest BCUT2D eigenvalue weighted by atomic mass is 32.1. The van der Waals surface area contributed by atoms with Crippen LogP contribution in [0.2, 0.25) is 0 Å². The van der Waals surface area contributed by atoms with Crippen molar-refractivity contribution in [1.29, 1.82) is 0 Å². The Morgan fingerprint density at radius 3 is 3.15 bits per heavy atom. The average Bonchev–Trinajstić information content (AvgIpc) is 2.13. The molecule has 0 saturated carbocycles. The summed E-state index contributed by atoms with van der Waals surface area (Å²) in [6.07, 6.45) is 4.49. The minimum atomic E-state index is 0.279. The van der Waals surface area contributed by atoms with Gasteiger partial charge in [0.2, 0.25) is 6.20 Å². The lowest BCUT2D eigenvalue weighted by Gasteiger charge is -1.94. The number of isothiocyanates is 1. The third-order valence-electron chi connectivity index (χ3n) is 1.59. The van der Waals surface area contributed by atoms with Gasteiger partial charge in [0, 0.05) is 12.5 Å². The summed E-state index contributed by atoms with van der Waals surface area (Å²) in [5, 5.41) is 11.5. The van der Waals surface area contributed by atoms with Gasteiger partial charge in [0.1, 0.15) is 6.54 Å². The molecule has 3 nitrogen and oxygen atoms in total. The van der Waals surface area contributed by atoms with E-state index in [0.29, 0.717) is 6.54 Å². The Balaban J connectivity index is 2.40. The van der Waals surface area contributed by atoms with Gasteiger partial charge < -0.3 is 5.11 Å². The first-order valence-electron chi connectivity index (χ1n) is 4.04. The molecule has 0 spiro atoms. The van der Waals surface area contributed by atoms with Crippen LogP contribution in [0.15, 0.2) is 29.5 Å². The highest BCUT2D eigenvalue weighted by molar-refractivity contribution is 7.78. The molecule has 0 aliphatic carbocycles. The quantitative estimate of drug-likeness (QED) is 0.339. The maximum absolute atomic E-state index is 9.14. The number of aliphatic imine (C=N–C) groups is 1. The van der Waals surface area contributed by atoms with Crippen LogP contribution in [0.3, 0.4) is 0 Å². The molecule has 4 heteroatoms. The van der Waals surface area contributed by atoms with Crippen molar-refractivity contribution in [3.63, 3.8) is 0 Å². The highest BCUT2D eigenvalue weighted by Crippen LogP contribution is 2.00. The van der Waals surface area contributed by atoms with Crippen LogP contribution in [0, 0.1) is 0 Å². The number of aryl methyl sites for hydroxylation is 1. The van der Waals surface area contributed by atoms with Crippen LogP contribution in [-0.2, 0) is 6.54 Å². The Kier molecular flexibility index (Phi) is 4.09. The van der Waals surface area contributed by atoms with Crippen molar-refractivity contribution < 1.29 is 9.67 Å². The van der Waals surface area contributed by atoms with E-state index in [9.17, 15) is 0 Å². The summed E-state index contributed by atoms with van der Waals surface area (Å²) < 4.78 is 1.91. The first-order chi connectivity index (χ1) is 6.33. The van der Waals surface area contributed by atoms with Crippen LogP contribution in [0.1, 0.15) is 6.42 Å². The highest BCUT2D eigenvalue weighted by Gasteiger charge is 1.99. The molecule has 0 bridgehead atoms. The average molecular weight is 195 g/mol. The molecule has 1 aromatic rings. The minimum absolute atomic E-state index is 0.279. The Hall–Kier alpha value is -1.25. The van der Waals surface area contributed by atoms with E-state index >= 15 is 0 Å². The maximum Gasteiger partial charge on any atom is 0.210 e. The molecule has 0 aromatic carbocycles. The number of rotatable bonds is 4. The predicted octanol–water partition coefficient (Wildman–Crippen LogP) is 1.17. The summed E-state index contributed by atoms with van der Waals surface area (Å²) in [4.78, 5) is 3.80. The molecule has 0 radical (unpaired) electrons. The number of thiocarbonyl (C=S) groups is 1. The number of hydrogen-bond acceptors (Lipinski definition) is 3. The van der Waals surface area contributed by atoms with Gasteiger partial charge in [-0.25, -0.2) is 9.56 Å². The number of hydrogen-bond donors (Lipinski definition) is 1. The smallest absolute Gasteiger partial charge is 0.210 e. The van der Waals surface area contributed by atoms with Crippen molar-refractivity contribution in [2.75, 3.05) is 6.54 Å². The fraction of sp³-hybridized carbons (Fsp3) is 0.333. The van der Waals surface area contributed by atoms with Gasteiger partial charge in [0.15, 0.2) is 11.9 Å². The zero-order valence-corrected chi connectivity index (χ0v) is 8.00. The van der Waals surface area contributed by atoms with E-state index in [2.05, 4.69) is 22.4 Å². The third kappa shape index (κ3) is 3.78. The maximum atomic E-state index is 9.14. The molecule has 0 fully saturated rings. The molecule has 1 aromatic heterocycles. The van der Waals surface area contributed by atoms with Crippen molar-refractivity contribution >= 4 is 17.4 Å². The Morgan fingerprint density at radius 2 is 2.46 bits per heavy atom. The first-order valence-corrected chi connectivity index (χ1v) is 4.45. The number of nitrogens with zero attached hydrogens (tertiary/aromatic N) is 2. The fourth-order valence-corrected chi connectivity index (χ4v) is 1.12. The number of pyridine rings is 1. The van der Waals surface area contributed by atoms with Crippen LogP contribution >= 0.6 is 12.2 Å². The molecule has 0 atom stereocenters. The van der Waals surface area contributed by atoms with E-state index in [1.165, 1.54) is 0 Å². The summed E-state index contributed by atoms with van der Waals surface area (Å²) in [6.45, 7) is 1.51. The van der Waals surface area contributed by atoms with Crippen LogP contribution in [0.25, 0.3) is 0 Å². The van der Waals surface area contributed by atoms with Gasteiger partial charge in [0.25, 0.3) is 0 Å². The zero-order chi connectivity index (χ0) is 9.52. The summed E-state index contributed by atoms with van der Waals surface area (Å²) in [5.74, 6) is 0.279. The van der Waals surface area contributed by atoms with Crippen molar-refractivity contribution in [2.45, 2.75) is 13.0 Å². The molecule has 0 amide bonds. The van der Waals surface area contributed by atoms with Crippen LogP contribution in [0.5, 0.6) is 5.75 Å². The number of aromatic hydroxyl groups is 1. The van der Waals surface area contributed by atoms with E-state index in [4.69, 9.17) is 5.11 Å². The first kappa shape index (κ1) is 9.84. The monoisotopic (exact) mass is 195 g/mol.